The number of alkyl halides is 2. The number of fused-ring (bicyclic) bond motifs is 1. The number of carbonyl (C=O) groups is 1. The maximum Gasteiger partial charge on any atom is 0.296 e. The van der Waals surface area contributed by atoms with Gasteiger partial charge in [-0.15, -0.1) is 0 Å². The SMILES string of the molecule is CCC(=O)N1CCN(c2nc(N3CCOCC3)nc(-n3c(C(F)F)nc4c(N)cccc43)n2)CC1. The number of morpholine rings is 1. The smallest absolute Gasteiger partial charge is 0.296 e. The van der Waals surface area contributed by atoms with Crippen LogP contribution in [0.3, 0.4) is 0 Å². The molecule has 0 bridgehead atoms. The number of para-hydroxylation sites is 1. The standard InChI is InChI=1S/C22H27F2N9O2/c1-2-16(34)30-6-8-31(9-7-30)20-27-21(32-10-12-35-13-11-32)29-22(28-20)33-15-5-3-4-14(25)17(15)26-19(33)18(23)24/h3-5,18H,2,6-13,25H2,1H3. The Kier molecular flexibility index (Phi) is 6.32. The van der Waals surface area contributed by atoms with Gasteiger partial charge in [-0.05, 0) is 12.1 Å². The van der Waals surface area contributed by atoms with Crippen LogP contribution in [0.2, 0.25) is 0 Å². The molecule has 1 aromatic carbocycles. The van der Waals surface area contributed by atoms with Crippen molar-refractivity contribution in [3.8, 4) is 5.95 Å². The maximum atomic E-state index is 14.1. The molecule has 35 heavy (non-hydrogen) atoms. The monoisotopic (exact) mass is 487 g/mol. The number of benzene rings is 1. The van der Waals surface area contributed by atoms with Crippen molar-refractivity contribution in [2.75, 3.05) is 68.0 Å². The number of aromatic nitrogens is 5. The van der Waals surface area contributed by atoms with Crippen molar-refractivity contribution in [1.29, 1.82) is 0 Å². The van der Waals surface area contributed by atoms with Crippen molar-refractivity contribution in [1.82, 2.24) is 29.4 Å². The molecule has 4 heterocycles. The number of nitrogen functional groups attached to an aromatic ring is 1. The van der Waals surface area contributed by atoms with Crippen molar-refractivity contribution in [3.63, 3.8) is 0 Å². The fourth-order valence-electron chi connectivity index (χ4n) is 4.36. The third kappa shape index (κ3) is 4.43. The van der Waals surface area contributed by atoms with Gasteiger partial charge in [-0.2, -0.15) is 15.0 Å². The van der Waals surface area contributed by atoms with Crippen LogP contribution >= 0.6 is 0 Å². The number of anilines is 3. The molecule has 2 aliphatic heterocycles. The number of hydrogen-bond acceptors (Lipinski definition) is 9. The summed E-state index contributed by atoms with van der Waals surface area (Å²) in [4.78, 5) is 35.8. The minimum Gasteiger partial charge on any atom is -0.397 e. The van der Waals surface area contributed by atoms with Crippen molar-refractivity contribution < 1.29 is 18.3 Å². The molecule has 0 spiro atoms. The van der Waals surface area contributed by atoms with Gasteiger partial charge in [-0.1, -0.05) is 13.0 Å². The highest BCUT2D eigenvalue weighted by Gasteiger charge is 2.28. The molecule has 13 heteroatoms. The van der Waals surface area contributed by atoms with Gasteiger partial charge < -0.3 is 25.2 Å². The van der Waals surface area contributed by atoms with E-state index < -0.39 is 12.2 Å². The summed E-state index contributed by atoms with van der Waals surface area (Å²) in [6.07, 6.45) is -2.41. The summed E-state index contributed by atoms with van der Waals surface area (Å²) in [5, 5.41) is 0. The Balaban J connectivity index is 1.60. The fourth-order valence-corrected chi connectivity index (χ4v) is 4.36. The van der Waals surface area contributed by atoms with Crippen molar-refractivity contribution in [2.45, 2.75) is 19.8 Å². The van der Waals surface area contributed by atoms with Gasteiger partial charge in [0.1, 0.15) is 5.52 Å². The molecule has 0 aliphatic carbocycles. The van der Waals surface area contributed by atoms with Crippen LogP contribution in [0, 0.1) is 0 Å². The highest BCUT2D eigenvalue weighted by Crippen LogP contribution is 2.30. The topological polar surface area (TPSA) is 119 Å². The van der Waals surface area contributed by atoms with Crippen LogP contribution in [0.4, 0.5) is 26.4 Å². The molecule has 0 saturated carbocycles. The predicted octanol–water partition coefficient (Wildman–Crippen LogP) is 1.63. The van der Waals surface area contributed by atoms with Gasteiger partial charge in [-0.25, -0.2) is 13.8 Å². The molecule has 2 saturated heterocycles. The number of nitrogens with zero attached hydrogens (tertiary/aromatic N) is 8. The van der Waals surface area contributed by atoms with E-state index >= 15 is 0 Å². The summed E-state index contributed by atoms with van der Waals surface area (Å²) in [6, 6.07) is 4.96. The van der Waals surface area contributed by atoms with Crippen LogP contribution < -0.4 is 15.5 Å². The van der Waals surface area contributed by atoms with E-state index in [-0.39, 0.29) is 17.4 Å². The van der Waals surface area contributed by atoms with E-state index in [9.17, 15) is 13.6 Å². The molecule has 2 N–H and O–H groups in total. The lowest BCUT2D eigenvalue weighted by Gasteiger charge is -2.35. The van der Waals surface area contributed by atoms with E-state index in [2.05, 4.69) is 19.9 Å². The van der Waals surface area contributed by atoms with Gasteiger partial charge in [0.15, 0.2) is 5.82 Å². The van der Waals surface area contributed by atoms with Gasteiger partial charge in [0.05, 0.1) is 24.4 Å². The zero-order chi connectivity index (χ0) is 24.5. The van der Waals surface area contributed by atoms with Crippen LogP contribution in [0.1, 0.15) is 25.6 Å². The number of rotatable bonds is 5. The van der Waals surface area contributed by atoms with Gasteiger partial charge >= 0.3 is 0 Å². The normalized spacial score (nSPS) is 17.0. The van der Waals surface area contributed by atoms with E-state index in [4.69, 9.17) is 10.5 Å². The number of ether oxygens (including phenoxy) is 1. The molecule has 186 valence electrons. The fraction of sp³-hybridized carbons (Fsp3) is 0.500. The molecule has 11 nitrogen and oxygen atoms in total. The van der Waals surface area contributed by atoms with Gasteiger partial charge in [0.2, 0.25) is 23.8 Å². The summed E-state index contributed by atoms with van der Waals surface area (Å²) in [6.45, 7) is 6.13. The lowest BCUT2D eigenvalue weighted by atomic mass is 10.3. The molecule has 2 aliphatic rings. The highest BCUT2D eigenvalue weighted by molar-refractivity contribution is 5.88. The first kappa shape index (κ1) is 23.1. The van der Waals surface area contributed by atoms with E-state index in [0.29, 0.717) is 82.0 Å². The Morgan fingerprint density at radius 1 is 0.971 bits per heavy atom. The molecule has 0 atom stereocenters. The second-order valence-corrected chi connectivity index (χ2v) is 8.38. The molecule has 0 unspecified atom stereocenters. The van der Waals surface area contributed by atoms with Crippen LogP contribution in [0.15, 0.2) is 18.2 Å². The average Bonchev–Trinajstić information content (AvgIpc) is 3.30. The van der Waals surface area contributed by atoms with Gasteiger partial charge in [-0.3, -0.25) is 9.36 Å². The van der Waals surface area contributed by atoms with E-state index in [1.54, 1.807) is 18.2 Å². The molecular weight excluding hydrogens is 460 g/mol. The lowest BCUT2D eigenvalue weighted by molar-refractivity contribution is -0.131. The summed E-state index contributed by atoms with van der Waals surface area (Å²) in [5.41, 5.74) is 6.98. The Hall–Kier alpha value is -3.61. The quantitative estimate of drug-likeness (QED) is 0.536. The first-order valence-corrected chi connectivity index (χ1v) is 11.6. The van der Waals surface area contributed by atoms with Crippen molar-refractivity contribution >= 4 is 34.5 Å². The summed E-state index contributed by atoms with van der Waals surface area (Å²) in [7, 11) is 0. The van der Waals surface area contributed by atoms with Crippen molar-refractivity contribution in [2.24, 2.45) is 0 Å². The Labute approximate surface area is 200 Å². The summed E-state index contributed by atoms with van der Waals surface area (Å²) >= 11 is 0. The lowest BCUT2D eigenvalue weighted by Crippen LogP contribution is -2.49. The number of hydrogen-bond donors (Lipinski definition) is 1. The molecule has 1 amide bonds. The minimum absolute atomic E-state index is 0.0481. The summed E-state index contributed by atoms with van der Waals surface area (Å²) < 4.78 is 34.9. The minimum atomic E-state index is -2.86. The second-order valence-electron chi connectivity index (χ2n) is 8.38. The van der Waals surface area contributed by atoms with Crippen LogP contribution in [0.25, 0.3) is 17.0 Å². The van der Waals surface area contributed by atoms with E-state index in [1.165, 1.54) is 4.57 Å². The van der Waals surface area contributed by atoms with Gasteiger partial charge in [0, 0.05) is 45.7 Å². The predicted molar refractivity (Wildman–Crippen MR) is 126 cm³/mol. The summed E-state index contributed by atoms with van der Waals surface area (Å²) in [5.74, 6) is 0.407. The Morgan fingerprint density at radius 3 is 2.23 bits per heavy atom. The number of piperazine rings is 1. The third-order valence-electron chi connectivity index (χ3n) is 6.25. The first-order valence-electron chi connectivity index (χ1n) is 11.6. The number of halogens is 2. The van der Waals surface area contributed by atoms with Crippen LogP contribution in [0.5, 0.6) is 0 Å². The largest absolute Gasteiger partial charge is 0.397 e. The molecule has 0 radical (unpaired) electrons. The molecule has 2 fully saturated rings. The number of carbonyl (C=O) groups excluding carboxylic acids is 1. The zero-order valence-electron chi connectivity index (χ0n) is 19.4. The third-order valence-corrected chi connectivity index (χ3v) is 6.25. The highest BCUT2D eigenvalue weighted by atomic mass is 19.3. The average molecular weight is 488 g/mol. The zero-order valence-corrected chi connectivity index (χ0v) is 19.4. The van der Waals surface area contributed by atoms with Crippen LogP contribution in [-0.2, 0) is 9.53 Å². The molecule has 2 aromatic heterocycles. The van der Waals surface area contributed by atoms with Crippen LogP contribution in [-0.4, -0.2) is 87.8 Å². The number of nitrogens with two attached hydrogens (primary N) is 1. The second kappa shape index (κ2) is 9.56. The Morgan fingerprint density at radius 2 is 1.60 bits per heavy atom. The molecule has 5 rings (SSSR count). The number of imidazole rings is 1. The number of amides is 1. The Bertz CT molecular complexity index is 1220. The molecule has 3 aromatic rings. The first-order chi connectivity index (χ1) is 17.0. The van der Waals surface area contributed by atoms with Crippen molar-refractivity contribution in [3.05, 3.63) is 24.0 Å². The molecular formula is C22H27F2N9O2. The maximum absolute atomic E-state index is 14.1. The van der Waals surface area contributed by atoms with E-state index in [1.807, 2.05) is 21.6 Å². The van der Waals surface area contributed by atoms with Gasteiger partial charge in [0.25, 0.3) is 6.43 Å². The van der Waals surface area contributed by atoms with E-state index in [0.717, 1.165) is 0 Å².